The van der Waals surface area contributed by atoms with Gasteiger partial charge in [0, 0.05) is 10.5 Å². The molecule has 2 heterocycles. The molecule has 0 saturated carbocycles. The monoisotopic (exact) mass is 364 g/mol. The van der Waals surface area contributed by atoms with Gasteiger partial charge in [-0.3, -0.25) is 0 Å². The number of benzene rings is 2. The smallest absolute Gasteiger partial charge is 0.264 e. The number of hydrogen-bond donors (Lipinski definition) is 0. The molecule has 2 aromatic carbocycles. The van der Waals surface area contributed by atoms with Crippen molar-refractivity contribution in [3.8, 4) is 17.3 Å². The van der Waals surface area contributed by atoms with Gasteiger partial charge in [-0.05, 0) is 49.6 Å². The fourth-order valence-corrected chi connectivity index (χ4v) is 2.98. The van der Waals surface area contributed by atoms with Crippen LogP contribution in [0.25, 0.3) is 22.3 Å². The maximum atomic E-state index is 5.82. The van der Waals surface area contributed by atoms with E-state index in [2.05, 4.69) is 20.1 Å². The van der Waals surface area contributed by atoms with Gasteiger partial charge in [0.25, 0.3) is 5.89 Å². The first-order valence-electron chi connectivity index (χ1n) is 8.06. The summed E-state index contributed by atoms with van der Waals surface area (Å²) in [7, 11) is 0. The highest BCUT2D eigenvalue weighted by Crippen LogP contribution is 2.24. The summed E-state index contributed by atoms with van der Waals surface area (Å²) in [6.07, 6.45) is 2.04. The third kappa shape index (κ3) is 3.39. The SMILES string of the molecule is CSc1ccc(-c2noc(COc3nc(C)nc4ccccc34)n2)cc1. The molecule has 0 aliphatic carbocycles. The van der Waals surface area contributed by atoms with E-state index >= 15 is 0 Å². The van der Waals surface area contributed by atoms with Crippen LogP contribution in [0.2, 0.25) is 0 Å². The minimum absolute atomic E-state index is 0.149. The predicted octanol–water partition coefficient (Wildman–Crippen LogP) is 4.29. The van der Waals surface area contributed by atoms with Crippen molar-refractivity contribution in [2.24, 2.45) is 0 Å². The summed E-state index contributed by atoms with van der Waals surface area (Å²) < 4.78 is 11.1. The molecule has 0 aliphatic heterocycles. The number of rotatable bonds is 5. The van der Waals surface area contributed by atoms with Crippen molar-refractivity contribution in [3.05, 3.63) is 60.2 Å². The van der Waals surface area contributed by atoms with Gasteiger partial charge in [0.2, 0.25) is 11.7 Å². The molecule has 0 amide bonds. The Hall–Kier alpha value is -2.93. The van der Waals surface area contributed by atoms with E-state index in [1.54, 1.807) is 11.8 Å². The average Bonchev–Trinajstić information content (AvgIpc) is 3.15. The normalized spacial score (nSPS) is 11.0. The first-order valence-corrected chi connectivity index (χ1v) is 9.28. The second-order valence-electron chi connectivity index (χ2n) is 5.62. The Kier molecular flexibility index (Phi) is 4.53. The van der Waals surface area contributed by atoms with Crippen LogP contribution in [-0.4, -0.2) is 26.4 Å². The van der Waals surface area contributed by atoms with E-state index in [0.717, 1.165) is 16.5 Å². The fourth-order valence-electron chi connectivity index (χ4n) is 2.57. The van der Waals surface area contributed by atoms with Gasteiger partial charge in [-0.25, -0.2) is 4.98 Å². The second-order valence-corrected chi connectivity index (χ2v) is 6.50. The van der Waals surface area contributed by atoms with Crippen LogP contribution in [0, 0.1) is 6.92 Å². The summed E-state index contributed by atoms with van der Waals surface area (Å²) in [4.78, 5) is 14.4. The van der Waals surface area contributed by atoms with Crippen molar-refractivity contribution in [1.82, 2.24) is 20.1 Å². The van der Waals surface area contributed by atoms with Crippen LogP contribution in [0.1, 0.15) is 11.7 Å². The lowest BCUT2D eigenvalue weighted by atomic mass is 10.2. The van der Waals surface area contributed by atoms with Crippen molar-refractivity contribution in [1.29, 1.82) is 0 Å². The molecule has 0 N–H and O–H groups in total. The molecular formula is C19H16N4O2S. The number of para-hydroxylation sites is 1. The quantitative estimate of drug-likeness (QED) is 0.489. The molecule has 4 rings (SSSR count). The van der Waals surface area contributed by atoms with Gasteiger partial charge < -0.3 is 9.26 Å². The van der Waals surface area contributed by atoms with E-state index in [1.807, 2.05) is 61.7 Å². The Morgan fingerprint density at radius 3 is 2.62 bits per heavy atom. The molecule has 0 atom stereocenters. The minimum Gasteiger partial charge on any atom is -0.467 e. The molecule has 6 nitrogen and oxygen atoms in total. The van der Waals surface area contributed by atoms with Gasteiger partial charge in [-0.1, -0.05) is 17.3 Å². The molecule has 0 aliphatic rings. The number of thioether (sulfide) groups is 1. The number of aryl methyl sites for hydroxylation is 1. The third-order valence-electron chi connectivity index (χ3n) is 3.83. The lowest BCUT2D eigenvalue weighted by Crippen LogP contribution is -2.01. The molecule has 0 spiro atoms. The summed E-state index contributed by atoms with van der Waals surface area (Å²) >= 11 is 1.69. The molecule has 0 bridgehead atoms. The largest absolute Gasteiger partial charge is 0.467 e. The molecule has 7 heteroatoms. The Morgan fingerprint density at radius 1 is 1.00 bits per heavy atom. The number of hydrogen-bond acceptors (Lipinski definition) is 7. The zero-order valence-electron chi connectivity index (χ0n) is 14.3. The Labute approximate surface area is 154 Å². The van der Waals surface area contributed by atoms with Crippen molar-refractivity contribution in [2.75, 3.05) is 6.26 Å². The highest BCUT2D eigenvalue weighted by Gasteiger charge is 2.12. The van der Waals surface area contributed by atoms with Crippen molar-refractivity contribution in [2.45, 2.75) is 18.4 Å². The summed E-state index contributed by atoms with van der Waals surface area (Å²) in [5.74, 6) is 2.10. The topological polar surface area (TPSA) is 73.9 Å². The van der Waals surface area contributed by atoms with E-state index < -0.39 is 0 Å². The van der Waals surface area contributed by atoms with Crippen molar-refractivity contribution < 1.29 is 9.26 Å². The lowest BCUT2D eigenvalue weighted by molar-refractivity contribution is 0.237. The van der Waals surface area contributed by atoms with Crippen LogP contribution in [0.15, 0.2) is 57.9 Å². The maximum Gasteiger partial charge on any atom is 0.264 e. The molecule has 130 valence electrons. The van der Waals surface area contributed by atoms with Gasteiger partial charge in [0.05, 0.1) is 10.9 Å². The first-order chi connectivity index (χ1) is 12.7. The Morgan fingerprint density at radius 2 is 1.81 bits per heavy atom. The van der Waals surface area contributed by atoms with Gasteiger partial charge in [0.1, 0.15) is 5.82 Å². The van der Waals surface area contributed by atoms with Crippen molar-refractivity contribution in [3.63, 3.8) is 0 Å². The van der Waals surface area contributed by atoms with Gasteiger partial charge in [-0.15, -0.1) is 11.8 Å². The highest BCUT2D eigenvalue weighted by molar-refractivity contribution is 7.98. The number of ether oxygens (including phenoxy) is 1. The molecule has 26 heavy (non-hydrogen) atoms. The summed E-state index contributed by atoms with van der Waals surface area (Å²) in [5.41, 5.74) is 1.75. The van der Waals surface area contributed by atoms with Crippen molar-refractivity contribution >= 4 is 22.7 Å². The first kappa shape index (κ1) is 16.5. The number of fused-ring (bicyclic) bond motifs is 1. The predicted molar refractivity (Wildman–Crippen MR) is 100 cm³/mol. The van der Waals surface area contributed by atoms with Crippen LogP contribution in [0.5, 0.6) is 5.88 Å². The number of aromatic nitrogens is 4. The van der Waals surface area contributed by atoms with Gasteiger partial charge >= 0.3 is 0 Å². The summed E-state index contributed by atoms with van der Waals surface area (Å²) in [6.45, 7) is 1.98. The molecule has 0 saturated heterocycles. The van der Waals surface area contributed by atoms with Gasteiger partial charge in [0.15, 0.2) is 6.61 Å². The van der Waals surface area contributed by atoms with E-state index in [-0.39, 0.29) is 6.61 Å². The van der Waals surface area contributed by atoms with E-state index in [9.17, 15) is 0 Å². The second kappa shape index (κ2) is 7.13. The zero-order valence-corrected chi connectivity index (χ0v) is 15.2. The molecule has 0 unspecified atom stereocenters. The summed E-state index contributed by atoms with van der Waals surface area (Å²) in [6, 6.07) is 15.7. The van der Waals surface area contributed by atoms with Crippen LogP contribution in [-0.2, 0) is 6.61 Å². The molecule has 0 fully saturated rings. The zero-order chi connectivity index (χ0) is 17.9. The Balaban J connectivity index is 1.53. The van der Waals surface area contributed by atoms with E-state index in [4.69, 9.17) is 9.26 Å². The molecule has 0 radical (unpaired) electrons. The summed E-state index contributed by atoms with van der Waals surface area (Å²) in [5, 5.41) is 4.88. The third-order valence-corrected chi connectivity index (χ3v) is 4.57. The van der Waals surface area contributed by atoms with Gasteiger partial charge in [-0.2, -0.15) is 9.97 Å². The van der Waals surface area contributed by atoms with Crippen LogP contribution < -0.4 is 4.74 Å². The standard InChI is InChI=1S/C19H16N4O2S/c1-12-20-16-6-4-3-5-15(16)19(21-12)24-11-17-22-18(23-25-17)13-7-9-14(26-2)10-8-13/h3-10H,11H2,1-2H3. The minimum atomic E-state index is 0.149. The van der Waals surface area contributed by atoms with Crippen LogP contribution >= 0.6 is 11.8 Å². The average molecular weight is 364 g/mol. The maximum absolute atomic E-state index is 5.82. The lowest BCUT2D eigenvalue weighted by Gasteiger charge is -2.06. The van der Waals surface area contributed by atoms with Crippen LogP contribution in [0.3, 0.4) is 0 Å². The van der Waals surface area contributed by atoms with E-state index in [1.165, 1.54) is 4.90 Å². The Bertz CT molecular complexity index is 1050. The van der Waals surface area contributed by atoms with Crippen LogP contribution in [0.4, 0.5) is 0 Å². The number of nitrogens with zero attached hydrogens (tertiary/aromatic N) is 4. The molecule has 2 aromatic heterocycles. The fraction of sp³-hybridized carbons (Fsp3) is 0.158. The highest BCUT2D eigenvalue weighted by atomic mass is 32.2. The molecular weight excluding hydrogens is 348 g/mol. The molecule has 4 aromatic rings. The van der Waals surface area contributed by atoms with E-state index in [0.29, 0.717) is 23.4 Å².